The lowest BCUT2D eigenvalue weighted by molar-refractivity contribution is 0.327. The van der Waals surface area contributed by atoms with Crippen molar-refractivity contribution < 1.29 is 8.42 Å². The minimum atomic E-state index is -3.48. The Morgan fingerprint density at radius 3 is 2.62 bits per heavy atom. The van der Waals surface area contributed by atoms with Crippen LogP contribution in [0.5, 0.6) is 0 Å². The number of nitrogens with one attached hydrogen (secondary N) is 1. The van der Waals surface area contributed by atoms with Crippen LogP contribution in [0.15, 0.2) is 11.2 Å². The van der Waals surface area contributed by atoms with E-state index in [2.05, 4.69) is 9.71 Å². The number of rotatable bonds is 3. The van der Waals surface area contributed by atoms with Gasteiger partial charge in [-0.2, -0.15) is 0 Å². The number of sulfonamides is 1. The van der Waals surface area contributed by atoms with Crippen molar-refractivity contribution in [2.75, 3.05) is 0 Å². The molecule has 0 bridgehead atoms. The lowest BCUT2D eigenvalue weighted by Gasteiger charge is -2.32. The molecule has 0 unspecified atom stereocenters. The number of aromatic nitrogens is 2. The van der Waals surface area contributed by atoms with Crippen LogP contribution in [0.25, 0.3) is 0 Å². The molecule has 0 aliphatic heterocycles. The molecule has 1 aliphatic rings. The van der Waals surface area contributed by atoms with Gasteiger partial charge < -0.3 is 10.3 Å². The van der Waals surface area contributed by atoms with Gasteiger partial charge in [0.15, 0.2) is 5.03 Å². The van der Waals surface area contributed by atoms with Gasteiger partial charge in [0.05, 0.1) is 0 Å². The number of hydrogen-bond acceptors (Lipinski definition) is 4. The van der Waals surface area contributed by atoms with E-state index in [1.54, 1.807) is 18.5 Å². The lowest BCUT2D eigenvalue weighted by atomic mass is 9.89. The molecular formula is C9H16N4O2S. The molecule has 2 rings (SSSR count). The number of nitrogens with zero attached hydrogens (tertiary/aromatic N) is 2. The van der Waals surface area contributed by atoms with E-state index in [9.17, 15) is 8.42 Å². The third kappa shape index (κ3) is 2.11. The molecule has 0 aromatic carbocycles. The molecule has 7 heteroatoms. The number of nitrogens with two attached hydrogens (primary N) is 1. The SMILES string of the molecule is Cc1nc(S(=O)(=O)NC2CC(N)C2)cn1C. The van der Waals surface area contributed by atoms with E-state index in [4.69, 9.17) is 5.73 Å². The summed E-state index contributed by atoms with van der Waals surface area (Å²) in [6.45, 7) is 1.76. The monoisotopic (exact) mass is 244 g/mol. The zero-order valence-electron chi connectivity index (χ0n) is 9.34. The molecule has 1 heterocycles. The van der Waals surface area contributed by atoms with Gasteiger partial charge in [-0.25, -0.2) is 18.1 Å². The number of hydrogen-bond donors (Lipinski definition) is 2. The Balaban J connectivity index is 2.13. The zero-order valence-corrected chi connectivity index (χ0v) is 10.2. The average Bonchev–Trinajstić information content (AvgIpc) is 2.45. The second-order valence-corrected chi connectivity index (χ2v) is 5.95. The maximum atomic E-state index is 11.9. The van der Waals surface area contributed by atoms with Crippen molar-refractivity contribution in [1.29, 1.82) is 0 Å². The molecule has 6 nitrogen and oxygen atoms in total. The normalized spacial score (nSPS) is 25.4. The van der Waals surface area contributed by atoms with Gasteiger partial charge in [-0.15, -0.1) is 0 Å². The number of imidazole rings is 1. The van der Waals surface area contributed by atoms with Crippen LogP contribution in [0.2, 0.25) is 0 Å². The van der Waals surface area contributed by atoms with Crippen LogP contribution in [0, 0.1) is 6.92 Å². The van der Waals surface area contributed by atoms with Crippen molar-refractivity contribution in [3.05, 3.63) is 12.0 Å². The molecule has 0 spiro atoms. The molecule has 1 saturated carbocycles. The standard InChI is InChI=1S/C9H16N4O2S/c1-6-11-9(5-13(6)2)16(14,15)12-8-3-7(10)4-8/h5,7-8,12H,3-4,10H2,1-2H3. The number of aryl methyl sites for hydroxylation is 2. The van der Waals surface area contributed by atoms with Crippen molar-refractivity contribution in [1.82, 2.24) is 14.3 Å². The summed E-state index contributed by atoms with van der Waals surface area (Å²) in [6, 6.07) is 0.0838. The molecule has 90 valence electrons. The van der Waals surface area contributed by atoms with Gasteiger partial charge in [0.2, 0.25) is 0 Å². The maximum Gasteiger partial charge on any atom is 0.259 e. The third-order valence-electron chi connectivity index (χ3n) is 2.86. The second kappa shape index (κ2) is 3.83. The summed E-state index contributed by atoms with van der Waals surface area (Å²) in [4.78, 5) is 3.99. The Bertz CT molecular complexity index is 468. The van der Waals surface area contributed by atoms with Gasteiger partial charge in [0.1, 0.15) is 5.82 Å². The highest BCUT2D eigenvalue weighted by atomic mass is 32.2. The molecular weight excluding hydrogens is 228 g/mol. The Morgan fingerprint density at radius 2 is 2.19 bits per heavy atom. The topological polar surface area (TPSA) is 90.0 Å². The van der Waals surface area contributed by atoms with E-state index in [-0.39, 0.29) is 17.1 Å². The van der Waals surface area contributed by atoms with Crippen LogP contribution >= 0.6 is 0 Å². The Labute approximate surface area is 94.9 Å². The second-order valence-electron chi connectivity index (χ2n) is 4.29. The van der Waals surface area contributed by atoms with Crippen LogP contribution in [0.4, 0.5) is 0 Å². The van der Waals surface area contributed by atoms with Gasteiger partial charge in [-0.05, 0) is 19.8 Å². The summed E-state index contributed by atoms with van der Waals surface area (Å²) >= 11 is 0. The van der Waals surface area contributed by atoms with Gasteiger partial charge in [-0.1, -0.05) is 0 Å². The van der Waals surface area contributed by atoms with Crippen molar-refractivity contribution >= 4 is 10.0 Å². The van der Waals surface area contributed by atoms with E-state index in [0.717, 1.165) is 0 Å². The van der Waals surface area contributed by atoms with Crippen molar-refractivity contribution in [3.8, 4) is 0 Å². The van der Waals surface area contributed by atoms with Crippen LogP contribution in [-0.2, 0) is 17.1 Å². The molecule has 0 atom stereocenters. The predicted molar refractivity (Wildman–Crippen MR) is 59.3 cm³/mol. The first kappa shape index (κ1) is 11.6. The Morgan fingerprint density at radius 1 is 1.56 bits per heavy atom. The highest BCUT2D eigenvalue weighted by molar-refractivity contribution is 7.89. The minimum Gasteiger partial charge on any atom is -0.337 e. The molecule has 0 radical (unpaired) electrons. The van der Waals surface area contributed by atoms with E-state index in [1.165, 1.54) is 6.20 Å². The van der Waals surface area contributed by atoms with Crippen LogP contribution in [-0.4, -0.2) is 30.1 Å². The highest BCUT2D eigenvalue weighted by Crippen LogP contribution is 2.20. The van der Waals surface area contributed by atoms with Crippen LogP contribution in [0.3, 0.4) is 0 Å². The summed E-state index contributed by atoms with van der Waals surface area (Å²) in [7, 11) is -1.72. The molecule has 1 aromatic heterocycles. The van der Waals surface area contributed by atoms with E-state index < -0.39 is 10.0 Å². The molecule has 1 aliphatic carbocycles. The summed E-state index contributed by atoms with van der Waals surface area (Å²) < 4.78 is 28.0. The maximum absolute atomic E-state index is 11.9. The van der Waals surface area contributed by atoms with Gasteiger partial charge in [0.25, 0.3) is 10.0 Å². The molecule has 16 heavy (non-hydrogen) atoms. The fourth-order valence-corrected chi connectivity index (χ4v) is 2.99. The first-order valence-corrected chi connectivity index (χ1v) is 6.64. The smallest absolute Gasteiger partial charge is 0.259 e. The first-order valence-electron chi connectivity index (χ1n) is 5.16. The lowest BCUT2D eigenvalue weighted by Crippen LogP contribution is -2.50. The third-order valence-corrected chi connectivity index (χ3v) is 4.25. The van der Waals surface area contributed by atoms with Gasteiger partial charge in [0, 0.05) is 25.3 Å². The van der Waals surface area contributed by atoms with Crippen molar-refractivity contribution in [2.45, 2.75) is 36.9 Å². The fourth-order valence-electron chi connectivity index (χ4n) is 1.69. The molecule has 3 N–H and O–H groups in total. The molecule has 0 saturated heterocycles. The zero-order chi connectivity index (χ0) is 11.9. The van der Waals surface area contributed by atoms with Crippen molar-refractivity contribution in [2.24, 2.45) is 12.8 Å². The van der Waals surface area contributed by atoms with E-state index >= 15 is 0 Å². The first-order chi connectivity index (χ1) is 7.38. The summed E-state index contributed by atoms with van der Waals surface area (Å²) in [5.41, 5.74) is 5.60. The largest absolute Gasteiger partial charge is 0.337 e. The van der Waals surface area contributed by atoms with Crippen LogP contribution in [0.1, 0.15) is 18.7 Å². The highest BCUT2D eigenvalue weighted by Gasteiger charge is 2.31. The van der Waals surface area contributed by atoms with Crippen LogP contribution < -0.4 is 10.5 Å². The van der Waals surface area contributed by atoms with Crippen molar-refractivity contribution in [3.63, 3.8) is 0 Å². The quantitative estimate of drug-likeness (QED) is 0.750. The van der Waals surface area contributed by atoms with Gasteiger partial charge >= 0.3 is 0 Å². The summed E-state index contributed by atoms with van der Waals surface area (Å²) in [5.74, 6) is 0.672. The fraction of sp³-hybridized carbons (Fsp3) is 0.667. The Kier molecular flexibility index (Phi) is 2.77. The van der Waals surface area contributed by atoms with E-state index in [1.807, 2.05) is 0 Å². The summed E-state index contributed by atoms with van der Waals surface area (Å²) in [6.07, 6.45) is 2.91. The Hall–Kier alpha value is -0.920. The average molecular weight is 244 g/mol. The molecule has 0 amide bonds. The van der Waals surface area contributed by atoms with E-state index in [0.29, 0.717) is 18.7 Å². The minimum absolute atomic E-state index is 0.0395. The van der Waals surface area contributed by atoms with Gasteiger partial charge in [-0.3, -0.25) is 0 Å². The molecule has 1 aromatic rings. The predicted octanol–water partition coefficient (Wildman–Crippen LogP) is -0.503. The molecule has 1 fully saturated rings. The summed E-state index contributed by atoms with van der Waals surface area (Å²) in [5, 5.41) is 0.0768.